The van der Waals surface area contributed by atoms with Crippen LogP contribution in [-0.2, 0) is 0 Å². The fraction of sp³-hybridized carbons (Fsp3) is 0. The maximum absolute atomic E-state index is 5.83. The van der Waals surface area contributed by atoms with Crippen molar-refractivity contribution in [2.75, 3.05) is 0 Å². The van der Waals surface area contributed by atoms with Crippen molar-refractivity contribution in [3.8, 4) is 11.5 Å². The molecule has 1 aromatic heterocycles. The molecule has 0 aliphatic heterocycles. The Balaban J connectivity index is 1.78. The summed E-state index contributed by atoms with van der Waals surface area (Å²) in [5.41, 5.74) is 1.69. The number of hydrogen-bond donors (Lipinski definition) is 0. The summed E-state index contributed by atoms with van der Waals surface area (Å²) in [5, 5.41) is 9.15. The van der Waals surface area contributed by atoms with E-state index in [-0.39, 0.29) is 6.01 Å². The van der Waals surface area contributed by atoms with E-state index in [1.807, 2.05) is 24.3 Å². The van der Waals surface area contributed by atoms with Gasteiger partial charge in [-0.05, 0) is 42.0 Å². The smallest absolute Gasteiger partial charge is 0.342 e. The summed E-state index contributed by atoms with van der Waals surface area (Å²) in [4.78, 5) is 4.14. The highest BCUT2D eigenvalue weighted by atomic mass is 35.5. The molecule has 104 valence electrons. The average Bonchev–Trinajstić information content (AvgIpc) is 2.96. The second-order valence-electron chi connectivity index (χ2n) is 4.21. The Hall–Kier alpha value is -2.17. The van der Waals surface area contributed by atoms with Crippen LogP contribution in [0.1, 0.15) is 5.56 Å². The zero-order valence-corrected chi connectivity index (χ0v) is 12.2. The van der Waals surface area contributed by atoms with Crippen molar-refractivity contribution >= 4 is 35.4 Å². The highest BCUT2D eigenvalue weighted by Gasteiger charge is 2.07. The van der Waals surface area contributed by atoms with Gasteiger partial charge in [-0.3, -0.25) is 0 Å². The van der Waals surface area contributed by atoms with Gasteiger partial charge in [-0.15, -0.1) is 5.10 Å². The molecule has 0 aliphatic rings. The molecule has 0 bridgehead atoms. The predicted molar refractivity (Wildman–Crippen MR) is 83.5 cm³/mol. The summed E-state index contributed by atoms with van der Waals surface area (Å²) < 4.78 is 5.47. The van der Waals surface area contributed by atoms with E-state index in [0.717, 1.165) is 11.1 Å². The zero-order chi connectivity index (χ0) is 14.7. The summed E-state index contributed by atoms with van der Waals surface area (Å²) >= 11 is 11.6. The van der Waals surface area contributed by atoms with Crippen LogP contribution in [0.3, 0.4) is 0 Å². The molecule has 0 fully saturated rings. The lowest BCUT2D eigenvalue weighted by molar-refractivity contribution is 0.580. The third-order valence-electron chi connectivity index (χ3n) is 2.70. The first-order valence-electron chi connectivity index (χ1n) is 6.10. The van der Waals surface area contributed by atoms with Crippen LogP contribution in [0.25, 0.3) is 11.5 Å². The average molecular weight is 318 g/mol. The highest BCUT2D eigenvalue weighted by Crippen LogP contribution is 2.22. The third-order valence-corrected chi connectivity index (χ3v) is 3.20. The van der Waals surface area contributed by atoms with Crippen LogP contribution in [0, 0.1) is 0 Å². The van der Waals surface area contributed by atoms with E-state index in [0.29, 0.717) is 15.9 Å². The van der Waals surface area contributed by atoms with Crippen LogP contribution in [-0.4, -0.2) is 16.4 Å². The van der Waals surface area contributed by atoms with Gasteiger partial charge in [0.2, 0.25) is 5.89 Å². The Bertz CT molecular complexity index is 764. The highest BCUT2D eigenvalue weighted by molar-refractivity contribution is 6.30. The van der Waals surface area contributed by atoms with E-state index in [1.54, 1.807) is 30.5 Å². The van der Waals surface area contributed by atoms with E-state index in [4.69, 9.17) is 27.6 Å². The van der Waals surface area contributed by atoms with Gasteiger partial charge < -0.3 is 4.42 Å². The molecule has 21 heavy (non-hydrogen) atoms. The number of aromatic nitrogens is 2. The summed E-state index contributed by atoms with van der Waals surface area (Å²) in [6.45, 7) is 0. The molecule has 0 atom stereocenters. The number of aliphatic imine (C=N–C) groups is 1. The molecule has 0 saturated heterocycles. The van der Waals surface area contributed by atoms with Gasteiger partial charge in [0.25, 0.3) is 0 Å². The number of nitrogens with zero attached hydrogens (tertiary/aromatic N) is 3. The van der Waals surface area contributed by atoms with Gasteiger partial charge in [-0.25, -0.2) is 4.99 Å². The topological polar surface area (TPSA) is 51.3 Å². The van der Waals surface area contributed by atoms with E-state index < -0.39 is 0 Å². The van der Waals surface area contributed by atoms with Crippen LogP contribution < -0.4 is 0 Å². The first-order chi connectivity index (χ1) is 10.2. The van der Waals surface area contributed by atoms with Gasteiger partial charge in [0, 0.05) is 21.8 Å². The Labute approximate surface area is 131 Å². The van der Waals surface area contributed by atoms with Crippen LogP contribution >= 0.6 is 23.2 Å². The van der Waals surface area contributed by atoms with Crippen molar-refractivity contribution in [1.29, 1.82) is 0 Å². The van der Waals surface area contributed by atoms with Gasteiger partial charge in [-0.2, -0.15) is 0 Å². The van der Waals surface area contributed by atoms with E-state index in [9.17, 15) is 0 Å². The predicted octanol–water partition coefficient (Wildman–Crippen LogP) is 4.79. The molecule has 0 unspecified atom stereocenters. The maximum atomic E-state index is 5.83. The second kappa shape index (κ2) is 6.08. The molecule has 1 heterocycles. The Morgan fingerprint density at radius 1 is 0.857 bits per heavy atom. The van der Waals surface area contributed by atoms with Gasteiger partial charge in [0.1, 0.15) is 0 Å². The molecule has 0 aliphatic carbocycles. The van der Waals surface area contributed by atoms with Crippen LogP contribution in [0.4, 0.5) is 6.01 Å². The Morgan fingerprint density at radius 2 is 1.48 bits per heavy atom. The summed E-state index contributed by atoms with van der Waals surface area (Å²) in [5.74, 6) is 0.398. The molecule has 2 aromatic carbocycles. The van der Waals surface area contributed by atoms with Gasteiger partial charge in [-0.1, -0.05) is 40.4 Å². The number of benzene rings is 2. The zero-order valence-electron chi connectivity index (χ0n) is 10.7. The molecule has 0 amide bonds. The van der Waals surface area contributed by atoms with Crippen molar-refractivity contribution < 1.29 is 4.42 Å². The molecule has 4 nitrogen and oxygen atoms in total. The minimum atomic E-state index is 0.190. The summed E-state index contributed by atoms with van der Waals surface area (Å²) in [6.07, 6.45) is 1.63. The van der Waals surface area contributed by atoms with Crippen molar-refractivity contribution in [2.45, 2.75) is 0 Å². The lowest BCUT2D eigenvalue weighted by Gasteiger charge is -1.93. The van der Waals surface area contributed by atoms with Gasteiger partial charge in [0.15, 0.2) is 0 Å². The minimum absolute atomic E-state index is 0.190. The molecule has 3 rings (SSSR count). The van der Waals surface area contributed by atoms with E-state index in [1.165, 1.54) is 0 Å². The first kappa shape index (κ1) is 13.8. The second-order valence-corrected chi connectivity index (χ2v) is 5.08. The molecule has 6 heteroatoms. The Morgan fingerprint density at radius 3 is 2.14 bits per heavy atom. The fourth-order valence-electron chi connectivity index (χ4n) is 1.66. The lowest BCUT2D eigenvalue weighted by Crippen LogP contribution is -1.78. The lowest BCUT2D eigenvalue weighted by atomic mass is 10.2. The Kier molecular flexibility index (Phi) is 3.99. The summed E-state index contributed by atoms with van der Waals surface area (Å²) in [7, 11) is 0. The molecule has 0 saturated carbocycles. The molecule has 0 radical (unpaired) electrons. The van der Waals surface area contributed by atoms with Crippen LogP contribution in [0.5, 0.6) is 0 Å². The van der Waals surface area contributed by atoms with Crippen molar-refractivity contribution in [2.24, 2.45) is 4.99 Å². The number of rotatable bonds is 3. The van der Waals surface area contributed by atoms with Crippen LogP contribution in [0.2, 0.25) is 10.0 Å². The minimum Gasteiger partial charge on any atom is -0.402 e. The van der Waals surface area contributed by atoms with Gasteiger partial charge in [0.05, 0.1) is 0 Å². The third kappa shape index (κ3) is 3.48. The SMILES string of the molecule is Clc1ccc(C=Nc2nnc(-c3ccc(Cl)cc3)o2)cc1. The monoisotopic (exact) mass is 317 g/mol. The fourth-order valence-corrected chi connectivity index (χ4v) is 1.91. The van der Waals surface area contributed by atoms with E-state index >= 15 is 0 Å². The summed E-state index contributed by atoms with van der Waals surface area (Å²) in [6, 6.07) is 14.6. The number of hydrogen-bond acceptors (Lipinski definition) is 4. The number of halogens is 2. The van der Waals surface area contributed by atoms with Crippen molar-refractivity contribution in [1.82, 2.24) is 10.2 Å². The standard InChI is InChI=1S/C15H9Cl2N3O/c16-12-5-1-10(2-6-12)9-18-15-20-19-14(21-15)11-3-7-13(17)8-4-11/h1-9H. The molecule has 0 N–H and O–H groups in total. The molecule has 0 spiro atoms. The van der Waals surface area contributed by atoms with Gasteiger partial charge >= 0.3 is 6.01 Å². The molecular weight excluding hydrogens is 309 g/mol. The van der Waals surface area contributed by atoms with E-state index in [2.05, 4.69) is 15.2 Å². The molecule has 3 aromatic rings. The quantitative estimate of drug-likeness (QED) is 0.652. The van der Waals surface area contributed by atoms with Crippen molar-refractivity contribution in [3.63, 3.8) is 0 Å². The largest absolute Gasteiger partial charge is 0.402 e. The van der Waals surface area contributed by atoms with Crippen molar-refractivity contribution in [3.05, 3.63) is 64.1 Å². The first-order valence-corrected chi connectivity index (χ1v) is 6.85. The maximum Gasteiger partial charge on any atom is 0.342 e. The molecular formula is C15H9Cl2N3O. The van der Waals surface area contributed by atoms with Crippen LogP contribution in [0.15, 0.2) is 57.9 Å². The normalized spacial score (nSPS) is 11.1.